The van der Waals surface area contributed by atoms with E-state index in [2.05, 4.69) is 0 Å². The molecule has 0 aromatic rings. The number of rotatable bonds is 8. The Hall–Kier alpha value is -1.62. The van der Waals surface area contributed by atoms with Crippen molar-refractivity contribution >= 4 is 11.9 Å². The van der Waals surface area contributed by atoms with Gasteiger partial charge in [-0.1, -0.05) is 24.3 Å². The highest BCUT2D eigenvalue weighted by molar-refractivity contribution is 5.72. The molecule has 0 bridgehead atoms. The number of quaternary nitrogens is 1. The van der Waals surface area contributed by atoms with Gasteiger partial charge in [-0.3, -0.25) is 4.79 Å². The van der Waals surface area contributed by atoms with Crippen molar-refractivity contribution in [2.75, 3.05) is 27.7 Å². The third-order valence-electron chi connectivity index (χ3n) is 2.17. The number of nitrogens with zero attached hydrogens (tertiary/aromatic N) is 1. The van der Waals surface area contributed by atoms with E-state index in [9.17, 15) is 14.7 Å². The number of aliphatic carboxylic acids is 1. The first kappa shape index (κ1) is 17.4. The third kappa shape index (κ3) is 11.2. The van der Waals surface area contributed by atoms with E-state index in [1.54, 1.807) is 18.2 Å². The largest absolute Gasteiger partial charge is 0.550 e. The molecule has 0 heterocycles. The lowest BCUT2D eigenvalue weighted by Gasteiger charge is -2.29. The Kier molecular flexibility index (Phi) is 7.75. The van der Waals surface area contributed by atoms with Crippen LogP contribution in [0.5, 0.6) is 0 Å². The van der Waals surface area contributed by atoms with Crippen molar-refractivity contribution in [3.63, 3.8) is 0 Å². The number of allylic oxidation sites excluding steroid dienone is 3. The Bertz CT molecular complexity index is 353. The van der Waals surface area contributed by atoms with Crippen LogP contribution in [0, 0.1) is 0 Å². The van der Waals surface area contributed by atoms with E-state index < -0.39 is 18.0 Å². The zero-order valence-electron chi connectivity index (χ0n) is 12.1. The first-order valence-corrected chi connectivity index (χ1v) is 6.22. The van der Waals surface area contributed by atoms with Crippen LogP contribution >= 0.6 is 0 Å². The van der Waals surface area contributed by atoms with Crippen LogP contribution in [0.2, 0.25) is 0 Å². The van der Waals surface area contributed by atoms with E-state index in [4.69, 9.17) is 4.74 Å². The second-order valence-electron chi connectivity index (χ2n) is 5.32. The minimum Gasteiger partial charge on any atom is -0.550 e. The summed E-state index contributed by atoms with van der Waals surface area (Å²) in [6.45, 7) is 2.30. The van der Waals surface area contributed by atoms with E-state index in [0.29, 0.717) is 11.0 Å². The highest BCUT2D eigenvalue weighted by Crippen LogP contribution is 2.06. The molecule has 0 saturated carbocycles. The number of carboxylic acids is 1. The summed E-state index contributed by atoms with van der Waals surface area (Å²) in [6, 6.07) is 0. The quantitative estimate of drug-likeness (QED) is 0.360. The monoisotopic (exact) mass is 269 g/mol. The van der Waals surface area contributed by atoms with Crippen molar-refractivity contribution in [2.24, 2.45) is 0 Å². The Morgan fingerprint density at radius 2 is 1.89 bits per heavy atom. The Morgan fingerprint density at radius 3 is 2.37 bits per heavy atom. The van der Waals surface area contributed by atoms with E-state index in [1.165, 1.54) is 0 Å². The summed E-state index contributed by atoms with van der Waals surface area (Å²) in [7, 11) is 5.71. The van der Waals surface area contributed by atoms with Crippen molar-refractivity contribution in [3.05, 3.63) is 24.3 Å². The van der Waals surface area contributed by atoms with Gasteiger partial charge in [-0.15, -0.1) is 0 Å². The van der Waals surface area contributed by atoms with Crippen LogP contribution in [-0.4, -0.2) is 50.2 Å². The van der Waals surface area contributed by atoms with Crippen LogP contribution < -0.4 is 5.11 Å². The van der Waals surface area contributed by atoms with Gasteiger partial charge in [-0.25, -0.2) is 0 Å². The standard InChI is InChI=1S/C14H23NO4/c1-5-6-7-8-9-14(18)19-12(10-13(16)17)11-15(2,3)4/h5-8,12H,9-11H2,1-4H3/b6-5+,8-7+. The molecule has 0 N–H and O–H groups in total. The number of ether oxygens (including phenoxy) is 1. The molecule has 0 saturated heterocycles. The molecule has 0 rings (SSSR count). The van der Waals surface area contributed by atoms with E-state index in [0.717, 1.165) is 0 Å². The van der Waals surface area contributed by atoms with Gasteiger partial charge < -0.3 is 19.1 Å². The minimum absolute atomic E-state index is 0.130. The van der Waals surface area contributed by atoms with Crippen molar-refractivity contribution in [3.8, 4) is 0 Å². The number of esters is 1. The Labute approximate surface area is 114 Å². The average Bonchev–Trinajstić information content (AvgIpc) is 2.20. The molecule has 0 aliphatic carbocycles. The van der Waals surface area contributed by atoms with Crippen LogP contribution in [0.25, 0.3) is 0 Å². The van der Waals surface area contributed by atoms with E-state index in [1.807, 2.05) is 34.1 Å². The molecule has 0 aliphatic rings. The molecule has 1 unspecified atom stereocenters. The predicted octanol–water partition coefficient (Wildman–Crippen LogP) is 0.267. The molecular formula is C14H23NO4. The van der Waals surface area contributed by atoms with Crippen molar-refractivity contribution < 1.29 is 23.9 Å². The minimum atomic E-state index is -1.21. The molecule has 5 heteroatoms. The summed E-state index contributed by atoms with van der Waals surface area (Å²) in [4.78, 5) is 22.2. The normalized spacial score (nSPS) is 13.9. The molecule has 0 radical (unpaired) electrons. The van der Waals surface area contributed by atoms with E-state index >= 15 is 0 Å². The predicted molar refractivity (Wildman–Crippen MR) is 71.0 cm³/mol. The molecular weight excluding hydrogens is 246 g/mol. The van der Waals surface area contributed by atoms with Gasteiger partial charge in [0.1, 0.15) is 6.54 Å². The number of hydrogen-bond donors (Lipinski definition) is 0. The number of likely N-dealkylation sites (N-methyl/N-ethyl adjacent to an activating group) is 1. The molecule has 0 fully saturated rings. The van der Waals surface area contributed by atoms with Gasteiger partial charge in [0.15, 0.2) is 6.10 Å². The van der Waals surface area contributed by atoms with Crippen LogP contribution in [0.1, 0.15) is 19.8 Å². The van der Waals surface area contributed by atoms with Gasteiger partial charge in [0.2, 0.25) is 0 Å². The number of hydrogen-bond acceptors (Lipinski definition) is 4. The number of carbonyl (C=O) groups is 2. The molecule has 5 nitrogen and oxygen atoms in total. The second kappa shape index (κ2) is 8.48. The summed E-state index contributed by atoms with van der Waals surface area (Å²) < 4.78 is 5.68. The molecule has 0 aromatic carbocycles. The van der Waals surface area contributed by atoms with Gasteiger partial charge in [-0.05, 0) is 6.92 Å². The van der Waals surface area contributed by atoms with Gasteiger partial charge >= 0.3 is 5.97 Å². The molecule has 1 atom stereocenters. The molecule has 19 heavy (non-hydrogen) atoms. The highest BCUT2D eigenvalue weighted by Gasteiger charge is 2.21. The summed E-state index contributed by atoms with van der Waals surface area (Å²) in [6.07, 6.45) is 6.26. The fraction of sp³-hybridized carbons (Fsp3) is 0.571. The van der Waals surface area contributed by atoms with Crippen LogP contribution in [0.4, 0.5) is 0 Å². The third-order valence-corrected chi connectivity index (χ3v) is 2.17. The number of carbonyl (C=O) groups excluding carboxylic acids is 2. The molecule has 0 amide bonds. The van der Waals surface area contributed by atoms with Crippen LogP contribution in [0.3, 0.4) is 0 Å². The zero-order valence-corrected chi connectivity index (χ0v) is 12.1. The lowest BCUT2D eigenvalue weighted by Crippen LogP contribution is -2.45. The fourth-order valence-corrected chi connectivity index (χ4v) is 1.53. The van der Waals surface area contributed by atoms with Gasteiger partial charge in [0, 0.05) is 12.4 Å². The number of carboxylic acid groups (broad SMARTS) is 1. The second-order valence-corrected chi connectivity index (χ2v) is 5.32. The summed E-state index contributed by atoms with van der Waals surface area (Å²) in [5.74, 6) is -1.64. The fourth-order valence-electron chi connectivity index (χ4n) is 1.53. The lowest BCUT2D eigenvalue weighted by molar-refractivity contribution is -0.873. The van der Waals surface area contributed by atoms with Crippen LogP contribution in [0.15, 0.2) is 24.3 Å². The van der Waals surface area contributed by atoms with Gasteiger partial charge in [0.05, 0.1) is 27.6 Å². The molecule has 0 aliphatic heterocycles. The maximum Gasteiger partial charge on any atom is 0.310 e. The summed E-state index contributed by atoms with van der Waals surface area (Å²) in [5, 5.41) is 10.6. The lowest BCUT2D eigenvalue weighted by atomic mass is 10.2. The van der Waals surface area contributed by atoms with Crippen molar-refractivity contribution in [1.29, 1.82) is 0 Å². The van der Waals surface area contributed by atoms with Crippen molar-refractivity contribution in [2.45, 2.75) is 25.9 Å². The smallest absolute Gasteiger partial charge is 0.310 e. The maximum atomic E-state index is 11.6. The average molecular weight is 269 g/mol. The SMILES string of the molecule is C/C=C/C=C/CC(=O)OC(CC(=O)[O-])C[N+](C)(C)C. The maximum absolute atomic E-state index is 11.6. The van der Waals surface area contributed by atoms with E-state index in [-0.39, 0.29) is 12.8 Å². The topological polar surface area (TPSA) is 66.4 Å². The molecule has 108 valence electrons. The van der Waals surface area contributed by atoms with Gasteiger partial charge in [-0.2, -0.15) is 0 Å². The Balaban J connectivity index is 4.38. The van der Waals surface area contributed by atoms with Crippen LogP contribution in [-0.2, 0) is 14.3 Å². The first-order valence-electron chi connectivity index (χ1n) is 6.22. The zero-order chi connectivity index (χ0) is 14.9. The first-order chi connectivity index (χ1) is 8.74. The summed E-state index contributed by atoms with van der Waals surface area (Å²) in [5.41, 5.74) is 0. The Morgan fingerprint density at radius 1 is 1.26 bits per heavy atom. The summed E-state index contributed by atoms with van der Waals surface area (Å²) >= 11 is 0. The highest BCUT2D eigenvalue weighted by atomic mass is 16.5. The molecule has 0 aromatic heterocycles. The van der Waals surface area contributed by atoms with Gasteiger partial charge in [0.25, 0.3) is 0 Å². The van der Waals surface area contributed by atoms with Crippen molar-refractivity contribution in [1.82, 2.24) is 0 Å². The molecule has 0 spiro atoms.